The first kappa shape index (κ1) is 17.7. The second kappa shape index (κ2) is 7.74. The van der Waals surface area contributed by atoms with Crippen molar-refractivity contribution in [3.8, 4) is 0 Å². The smallest absolute Gasteiger partial charge is 0.242 e. The van der Waals surface area contributed by atoms with Gasteiger partial charge in [-0.2, -0.15) is 5.10 Å². The van der Waals surface area contributed by atoms with Crippen LogP contribution in [0.1, 0.15) is 38.4 Å². The lowest BCUT2D eigenvalue weighted by atomic mass is 10.1. The topological polar surface area (TPSA) is 102 Å². The van der Waals surface area contributed by atoms with Crippen molar-refractivity contribution in [3.05, 3.63) is 48.2 Å². The highest BCUT2D eigenvalue weighted by atomic mass is 16.2. The van der Waals surface area contributed by atoms with Gasteiger partial charge in [0.1, 0.15) is 11.9 Å². The number of primary amides is 1. The van der Waals surface area contributed by atoms with E-state index in [0.29, 0.717) is 5.82 Å². The van der Waals surface area contributed by atoms with E-state index >= 15 is 0 Å². The highest BCUT2D eigenvalue weighted by Gasteiger charge is 2.23. The van der Waals surface area contributed by atoms with Crippen molar-refractivity contribution in [3.63, 3.8) is 0 Å². The van der Waals surface area contributed by atoms with Gasteiger partial charge in [0.05, 0.1) is 12.2 Å². The molecule has 0 aliphatic rings. The van der Waals surface area contributed by atoms with Gasteiger partial charge in [-0.1, -0.05) is 30.3 Å². The van der Waals surface area contributed by atoms with E-state index in [0.717, 1.165) is 5.56 Å². The molecule has 0 bridgehead atoms. The highest BCUT2D eigenvalue weighted by molar-refractivity contribution is 5.94. The summed E-state index contributed by atoms with van der Waals surface area (Å²) < 4.78 is 1.72. The Labute approximate surface area is 141 Å². The minimum absolute atomic E-state index is 0.126. The van der Waals surface area contributed by atoms with Crippen LogP contribution in [-0.2, 0) is 9.59 Å². The fourth-order valence-electron chi connectivity index (χ4n) is 2.37. The molecule has 0 aliphatic carbocycles. The standard InChI is InChI=1S/C17H23N5O2/c1-11(2)22-14(9-10-19-22)21-17(24)12(3)20-15(16(18)23)13-7-5-4-6-8-13/h4-12,15,20H,1-3H3,(H2,18,23)(H,21,24). The number of hydrogen-bond acceptors (Lipinski definition) is 4. The summed E-state index contributed by atoms with van der Waals surface area (Å²) in [5, 5.41) is 9.96. The molecule has 0 aliphatic heterocycles. The maximum Gasteiger partial charge on any atom is 0.242 e. The summed E-state index contributed by atoms with van der Waals surface area (Å²) in [6.07, 6.45) is 1.63. The first-order valence-electron chi connectivity index (χ1n) is 7.85. The quantitative estimate of drug-likeness (QED) is 0.718. The molecule has 128 valence electrons. The predicted octanol–water partition coefficient (Wildman–Crippen LogP) is 1.61. The summed E-state index contributed by atoms with van der Waals surface area (Å²) in [5.41, 5.74) is 6.19. The molecule has 4 N–H and O–H groups in total. The molecule has 0 spiro atoms. The maximum absolute atomic E-state index is 12.4. The van der Waals surface area contributed by atoms with Gasteiger partial charge in [-0.05, 0) is 26.3 Å². The third-order valence-corrected chi connectivity index (χ3v) is 3.64. The van der Waals surface area contributed by atoms with Gasteiger partial charge >= 0.3 is 0 Å². The zero-order valence-electron chi connectivity index (χ0n) is 14.1. The molecule has 0 radical (unpaired) electrons. The van der Waals surface area contributed by atoms with E-state index in [1.54, 1.807) is 36.0 Å². The van der Waals surface area contributed by atoms with Gasteiger partial charge in [0.25, 0.3) is 0 Å². The molecule has 0 saturated heterocycles. The van der Waals surface area contributed by atoms with Crippen LogP contribution in [0.4, 0.5) is 5.82 Å². The zero-order valence-corrected chi connectivity index (χ0v) is 14.1. The Kier molecular flexibility index (Phi) is 5.70. The third-order valence-electron chi connectivity index (χ3n) is 3.64. The van der Waals surface area contributed by atoms with Gasteiger partial charge in [0.2, 0.25) is 11.8 Å². The molecule has 7 heteroatoms. The van der Waals surface area contributed by atoms with Crippen LogP contribution in [-0.4, -0.2) is 27.6 Å². The van der Waals surface area contributed by atoms with Crippen molar-refractivity contribution in [1.82, 2.24) is 15.1 Å². The van der Waals surface area contributed by atoms with Crippen molar-refractivity contribution < 1.29 is 9.59 Å². The zero-order chi connectivity index (χ0) is 17.7. The highest BCUT2D eigenvalue weighted by Crippen LogP contribution is 2.15. The fraction of sp³-hybridized carbons (Fsp3) is 0.353. The Morgan fingerprint density at radius 2 is 1.79 bits per heavy atom. The van der Waals surface area contributed by atoms with Crippen LogP contribution in [0, 0.1) is 0 Å². The van der Waals surface area contributed by atoms with Crippen LogP contribution >= 0.6 is 0 Å². The van der Waals surface area contributed by atoms with E-state index in [2.05, 4.69) is 15.7 Å². The number of nitrogens with one attached hydrogen (secondary N) is 2. The lowest BCUT2D eigenvalue weighted by Crippen LogP contribution is -2.44. The van der Waals surface area contributed by atoms with Gasteiger partial charge in [-0.25, -0.2) is 4.68 Å². The molecule has 1 aromatic carbocycles. The first-order chi connectivity index (χ1) is 11.4. The van der Waals surface area contributed by atoms with Crippen molar-refractivity contribution in [2.75, 3.05) is 5.32 Å². The summed E-state index contributed by atoms with van der Waals surface area (Å²) in [5.74, 6) is -0.188. The molecule has 2 amide bonds. The number of aromatic nitrogens is 2. The number of rotatable bonds is 7. The monoisotopic (exact) mass is 329 g/mol. The van der Waals surface area contributed by atoms with Crippen molar-refractivity contribution >= 4 is 17.6 Å². The van der Waals surface area contributed by atoms with Crippen LogP contribution in [0.2, 0.25) is 0 Å². The van der Waals surface area contributed by atoms with Crippen LogP contribution in [0.15, 0.2) is 42.6 Å². The molecular formula is C17H23N5O2. The maximum atomic E-state index is 12.4. The number of anilines is 1. The Morgan fingerprint density at radius 3 is 2.38 bits per heavy atom. The number of nitrogens with two attached hydrogens (primary N) is 1. The van der Waals surface area contributed by atoms with Crippen molar-refractivity contribution in [2.24, 2.45) is 5.73 Å². The Bertz CT molecular complexity index is 696. The molecule has 2 rings (SSSR count). The van der Waals surface area contributed by atoms with E-state index in [1.165, 1.54) is 0 Å². The third kappa shape index (κ3) is 4.20. The van der Waals surface area contributed by atoms with Crippen LogP contribution in [0.25, 0.3) is 0 Å². The normalized spacial score (nSPS) is 13.5. The number of hydrogen-bond donors (Lipinski definition) is 3. The van der Waals surface area contributed by atoms with Gasteiger partial charge in [-0.15, -0.1) is 0 Å². The molecule has 2 atom stereocenters. The Hall–Kier alpha value is -2.67. The first-order valence-corrected chi connectivity index (χ1v) is 7.85. The lowest BCUT2D eigenvalue weighted by Gasteiger charge is -2.21. The van der Waals surface area contributed by atoms with Crippen molar-refractivity contribution in [1.29, 1.82) is 0 Å². The molecular weight excluding hydrogens is 306 g/mol. The van der Waals surface area contributed by atoms with E-state index in [9.17, 15) is 9.59 Å². The average molecular weight is 329 g/mol. The lowest BCUT2D eigenvalue weighted by molar-refractivity contribution is -0.121. The second-order valence-electron chi connectivity index (χ2n) is 5.88. The number of nitrogens with zero attached hydrogens (tertiary/aromatic N) is 2. The molecule has 1 aromatic heterocycles. The van der Waals surface area contributed by atoms with E-state index < -0.39 is 18.0 Å². The van der Waals surface area contributed by atoms with Crippen LogP contribution in [0.3, 0.4) is 0 Å². The summed E-state index contributed by atoms with van der Waals surface area (Å²) in [4.78, 5) is 24.1. The van der Waals surface area contributed by atoms with Gasteiger partial charge < -0.3 is 11.1 Å². The number of carbonyl (C=O) groups excluding carboxylic acids is 2. The Morgan fingerprint density at radius 1 is 1.12 bits per heavy atom. The van der Waals surface area contributed by atoms with Crippen molar-refractivity contribution in [2.45, 2.75) is 38.9 Å². The Balaban J connectivity index is 2.07. The predicted molar refractivity (Wildman–Crippen MR) is 92.2 cm³/mol. The summed E-state index contributed by atoms with van der Waals surface area (Å²) >= 11 is 0. The molecule has 0 fully saturated rings. The van der Waals surface area contributed by atoms with E-state index in [1.807, 2.05) is 32.0 Å². The van der Waals surface area contributed by atoms with Crippen LogP contribution in [0.5, 0.6) is 0 Å². The summed E-state index contributed by atoms with van der Waals surface area (Å²) in [7, 11) is 0. The van der Waals surface area contributed by atoms with Gasteiger partial charge in [0.15, 0.2) is 0 Å². The summed E-state index contributed by atoms with van der Waals surface area (Å²) in [6, 6.07) is 9.58. The van der Waals surface area contributed by atoms with Gasteiger partial charge in [-0.3, -0.25) is 14.9 Å². The fourth-order valence-corrected chi connectivity index (χ4v) is 2.37. The molecule has 24 heavy (non-hydrogen) atoms. The van der Waals surface area contributed by atoms with E-state index in [4.69, 9.17) is 5.73 Å². The number of benzene rings is 1. The molecule has 7 nitrogen and oxygen atoms in total. The molecule has 1 heterocycles. The minimum Gasteiger partial charge on any atom is -0.368 e. The minimum atomic E-state index is -0.734. The largest absolute Gasteiger partial charge is 0.368 e. The molecule has 2 unspecified atom stereocenters. The van der Waals surface area contributed by atoms with Gasteiger partial charge in [0, 0.05) is 12.1 Å². The second-order valence-corrected chi connectivity index (χ2v) is 5.88. The SMILES string of the molecule is CC(NC(C(N)=O)c1ccccc1)C(=O)Nc1ccnn1C(C)C. The summed E-state index contributed by atoms with van der Waals surface area (Å²) in [6.45, 7) is 5.63. The number of carbonyl (C=O) groups is 2. The molecule has 0 saturated carbocycles. The molecule has 2 aromatic rings. The average Bonchev–Trinajstić information content (AvgIpc) is 3.01. The van der Waals surface area contributed by atoms with E-state index in [-0.39, 0.29) is 11.9 Å². The van der Waals surface area contributed by atoms with Crippen LogP contribution < -0.4 is 16.4 Å². The number of amides is 2.